The van der Waals surface area contributed by atoms with E-state index in [0.29, 0.717) is 18.0 Å². The molecule has 1 heterocycles. The fourth-order valence-electron chi connectivity index (χ4n) is 5.84. The number of nitrogens with one attached hydrogen (secondary N) is 1. The summed E-state index contributed by atoms with van der Waals surface area (Å²) in [6, 6.07) is 14.7. The summed E-state index contributed by atoms with van der Waals surface area (Å²) in [6.45, 7) is 1.18. The maximum Gasteiger partial charge on any atom is 0.325 e. The van der Waals surface area contributed by atoms with Gasteiger partial charge in [-0.2, -0.15) is 0 Å². The second-order valence-electron chi connectivity index (χ2n) is 10.1. The Balaban J connectivity index is 1.43. The van der Waals surface area contributed by atoms with E-state index in [1.807, 2.05) is 18.0 Å². The van der Waals surface area contributed by atoms with E-state index in [9.17, 15) is 13.2 Å². The highest BCUT2D eigenvalue weighted by molar-refractivity contribution is 7.71. The number of halogens is 1. The first-order valence-electron chi connectivity index (χ1n) is 12.1. The van der Waals surface area contributed by atoms with Crippen LogP contribution in [0, 0.1) is 11.7 Å². The smallest absolute Gasteiger partial charge is 0.317 e. The van der Waals surface area contributed by atoms with Gasteiger partial charge in [-0.15, -0.1) is 0 Å². The maximum absolute atomic E-state index is 15.1. The fourth-order valence-corrected chi connectivity index (χ4v) is 6.34. The van der Waals surface area contributed by atoms with Crippen LogP contribution in [0.25, 0.3) is 0 Å². The molecule has 34 heavy (non-hydrogen) atoms. The van der Waals surface area contributed by atoms with Gasteiger partial charge in [-0.3, -0.25) is 4.90 Å². The van der Waals surface area contributed by atoms with E-state index in [-0.39, 0.29) is 28.5 Å². The van der Waals surface area contributed by atoms with Crippen LogP contribution >= 0.6 is 0 Å². The van der Waals surface area contributed by atoms with Crippen LogP contribution in [0.4, 0.5) is 14.9 Å². The summed E-state index contributed by atoms with van der Waals surface area (Å²) in [5, 5.41) is 3.57. The molecule has 2 amide bonds. The molecule has 1 saturated heterocycles. The normalized spacial score (nSPS) is 27.2. The Morgan fingerprint density at radius 2 is 1.76 bits per heavy atom. The molecule has 5 rings (SSSR count). The van der Waals surface area contributed by atoms with Crippen molar-refractivity contribution in [3.63, 3.8) is 0 Å². The molecule has 2 aliphatic carbocycles. The minimum Gasteiger partial charge on any atom is -0.317 e. The first-order valence-corrected chi connectivity index (χ1v) is 13.5. The number of benzene rings is 2. The molecule has 1 N–H and O–H groups in total. The van der Waals surface area contributed by atoms with Gasteiger partial charge < -0.3 is 10.2 Å². The minimum absolute atomic E-state index is 0.129. The summed E-state index contributed by atoms with van der Waals surface area (Å²) in [5.74, 6) is -0.216. The zero-order chi connectivity index (χ0) is 23.9. The molecule has 0 radical (unpaired) electrons. The number of urea groups is 1. The molecule has 1 spiro atoms. The van der Waals surface area contributed by atoms with Crippen molar-refractivity contribution < 1.29 is 17.6 Å². The SMILES string of the molecule is CNC1(c2ccccc2)CCC2(CC1)CN(c1ccc(C[SH](=O)=O)cc1F)C(=O)N2CC1CC1. The number of hydrogen-bond donors (Lipinski definition) is 2. The average Bonchev–Trinajstić information content (AvgIpc) is 3.62. The first-order chi connectivity index (χ1) is 16.4. The Kier molecular flexibility index (Phi) is 6.14. The number of carbonyl (C=O) groups is 1. The number of rotatable bonds is 7. The third-order valence-corrected chi connectivity index (χ3v) is 8.70. The molecule has 2 saturated carbocycles. The molecule has 0 atom stereocenters. The highest BCUT2D eigenvalue weighted by Gasteiger charge is 2.55. The van der Waals surface area contributed by atoms with E-state index in [4.69, 9.17) is 0 Å². The van der Waals surface area contributed by atoms with Crippen LogP contribution in [0.1, 0.15) is 49.7 Å². The molecule has 182 valence electrons. The maximum atomic E-state index is 15.1. The van der Waals surface area contributed by atoms with Gasteiger partial charge in [0.15, 0.2) is 0 Å². The van der Waals surface area contributed by atoms with Crippen molar-refractivity contribution in [3.8, 4) is 0 Å². The predicted octanol–water partition coefficient (Wildman–Crippen LogP) is 4.02. The third kappa shape index (κ3) is 4.22. The highest BCUT2D eigenvalue weighted by atomic mass is 32.2. The Labute approximate surface area is 202 Å². The summed E-state index contributed by atoms with van der Waals surface area (Å²) >= 11 is 0. The zero-order valence-corrected chi connectivity index (χ0v) is 20.4. The van der Waals surface area contributed by atoms with Gasteiger partial charge in [-0.05, 0) is 74.8 Å². The quantitative estimate of drug-likeness (QED) is 0.582. The molecule has 8 heteroatoms. The van der Waals surface area contributed by atoms with Gasteiger partial charge >= 0.3 is 6.03 Å². The largest absolute Gasteiger partial charge is 0.325 e. The lowest BCUT2D eigenvalue weighted by atomic mass is 9.69. The van der Waals surface area contributed by atoms with E-state index >= 15 is 4.39 Å². The molecule has 3 aliphatic rings. The molecule has 0 unspecified atom stereocenters. The van der Waals surface area contributed by atoms with Gasteiger partial charge in [-0.25, -0.2) is 17.6 Å². The lowest BCUT2D eigenvalue weighted by Crippen LogP contribution is -2.55. The molecule has 0 aromatic heterocycles. The fraction of sp³-hybridized carbons (Fsp3) is 0.500. The second-order valence-corrected chi connectivity index (χ2v) is 11.1. The Hall–Kier alpha value is -2.45. The van der Waals surface area contributed by atoms with E-state index in [0.717, 1.165) is 45.1 Å². The van der Waals surface area contributed by atoms with Crippen molar-refractivity contribution in [2.45, 2.75) is 55.4 Å². The zero-order valence-electron chi connectivity index (χ0n) is 19.5. The standard InChI is InChI=1S/C26H32FN3O3S/c1-28-26(21-5-3-2-4-6-21)13-11-25(12-14-26)18-29(24(31)30(25)16-19-7-8-19)23-10-9-20(15-22(23)27)17-34(32)33/h2-6,9-10,15,19,28,34H,7-8,11-14,16-18H2,1H3. The van der Waals surface area contributed by atoms with Crippen LogP contribution < -0.4 is 10.2 Å². The number of nitrogens with zero attached hydrogens (tertiary/aromatic N) is 2. The number of carbonyl (C=O) groups excluding carboxylic acids is 1. The molecular formula is C26H32FN3O3S. The monoisotopic (exact) mass is 485 g/mol. The molecule has 6 nitrogen and oxygen atoms in total. The van der Waals surface area contributed by atoms with Gasteiger partial charge in [0.05, 0.1) is 23.5 Å². The lowest BCUT2D eigenvalue weighted by Gasteiger charge is -2.48. The van der Waals surface area contributed by atoms with Crippen molar-refractivity contribution in [1.82, 2.24) is 10.2 Å². The van der Waals surface area contributed by atoms with Crippen molar-refractivity contribution in [3.05, 3.63) is 65.5 Å². The highest BCUT2D eigenvalue weighted by Crippen LogP contribution is 2.48. The molecular weight excluding hydrogens is 453 g/mol. The Bertz CT molecular complexity index is 1130. The molecule has 1 aliphatic heterocycles. The Morgan fingerprint density at radius 3 is 2.35 bits per heavy atom. The van der Waals surface area contributed by atoms with Crippen LogP contribution in [0.2, 0.25) is 0 Å². The van der Waals surface area contributed by atoms with E-state index in [2.05, 4.69) is 29.6 Å². The summed E-state index contributed by atoms with van der Waals surface area (Å²) in [7, 11) is -0.630. The van der Waals surface area contributed by atoms with Crippen molar-refractivity contribution in [2.75, 3.05) is 25.0 Å². The van der Waals surface area contributed by atoms with Crippen molar-refractivity contribution in [1.29, 1.82) is 0 Å². The molecule has 0 bridgehead atoms. The topological polar surface area (TPSA) is 69.7 Å². The van der Waals surface area contributed by atoms with Crippen LogP contribution in [0.5, 0.6) is 0 Å². The van der Waals surface area contributed by atoms with Gasteiger partial charge in [-0.1, -0.05) is 36.4 Å². The van der Waals surface area contributed by atoms with Crippen molar-refractivity contribution in [2.24, 2.45) is 5.92 Å². The summed E-state index contributed by atoms with van der Waals surface area (Å²) in [6.07, 6.45) is 5.76. The first kappa shape index (κ1) is 23.3. The summed E-state index contributed by atoms with van der Waals surface area (Å²) in [5.41, 5.74) is 1.45. The summed E-state index contributed by atoms with van der Waals surface area (Å²) < 4.78 is 37.2. The van der Waals surface area contributed by atoms with E-state index in [1.54, 1.807) is 17.0 Å². The molecule has 2 aromatic carbocycles. The molecule has 3 fully saturated rings. The Morgan fingerprint density at radius 1 is 1.06 bits per heavy atom. The number of thiol groups is 1. The third-order valence-electron chi connectivity index (χ3n) is 8.08. The van der Waals surface area contributed by atoms with Crippen LogP contribution in [0.3, 0.4) is 0 Å². The molecule has 2 aromatic rings. The van der Waals surface area contributed by atoms with Crippen LogP contribution in [-0.4, -0.2) is 45.0 Å². The lowest BCUT2D eigenvalue weighted by molar-refractivity contribution is 0.0762. The predicted molar refractivity (Wildman–Crippen MR) is 131 cm³/mol. The van der Waals surface area contributed by atoms with Crippen molar-refractivity contribution >= 4 is 22.4 Å². The average molecular weight is 486 g/mol. The number of anilines is 1. The minimum atomic E-state index is -2.64. The summed E-state index contributed by atoms with van der Waals surface area (Å²) in [4.78, 5) is 17.2. The number of hydrogen-bond acceptors (Lipinski definition) is 4. The van der Waals surface area contributed by atoms with Crippen LogP contribution in [0.15, 0.2) is 48.5 Å². The second kappa shape index (κ2) is 8.96. The van der Waals surface area contributed by atoms with Gasteiger partial charge in [0.1, 0.15) is 16.5 Å². The van der Waals surface area contributed by atoms with Crippen LogP contribution in [-0.2, 0) is 22.0 Å². The van der Waals surface area contributed by atoms with Gasteiger partial charge in [0.2, 0.25) is 0 Å². The van der Waals surface area contributed by atoms with Gasteiger partial charge in [0.25, 0.3) is 0 Å². The van der Waals surface area contributed by atoms with E-state index in [1.165, 1.54) is 11.6 Å². The van der Waals surface area contributed by atoms with Gasteiger partial charge in [0, 0.05) is 12.1 Å². The van der Waals surface area contributed by atoms with E-state index < -0.39 is 16.5 Å². The number of amides is 2.